The molecule has 0 amide bonds. The predicted octanol–water partition coefficient (Wildman–Crippen LogP) is 2.96. The molecule has 1 heteroatoms. The molecule has 0 saturated heterocycles. The minimum absolute atomic E-state index is 0.201. The first-order valence-corrected chi connectivity index (χ1v) is 4.79. The van der Waals surface area contributed by atoms with E-state index in [2.05, 4.69) is 13.8 Å². The molecular formula is C11H18O. The Kier molecular flexibility index (Phi) is 3.07. The van der Waals surface area contributed by atoms with Gasteiger partial charge in [-0.3, -0.25) is 4.79 Å². The number of hydrogen-bond acceptors (Lipinski definition) is 1. The lowest BCUT2D eigenvalue weighted by Gasteiger charge is -2.27. The van der Waals surface area contributed by atoms with Crippen molar-refractivity contribution < 1.29 is 4.79 Å². The second kappa shape index (κ2) is 3.88. The second-order valence-electron chi connectivity index (χ2n) is 4.11. The van der Waals surface area contributed by atoms with E-state index in [1.54, 1.807) is 6.92 Å². The van der Waals surface area contributed by atoms with Crippen LogP contribution in [0.4, 0.5) is 0 Å². The number of rotatable bonds is 1. The fraction of sp³-hybridized carbons (Fsp3) is 0.727. The molecule has 2 atom stereocenters. The molecule has 0 aliphatic heterocycles. The van der Waals surface area contributed by atoms with E-state index in [1.165, 1.54) is 12.0 Å². The Balaban J connectivity index is 2.56. The maximum absolute atomic E-state index is 10.8. The first-order valence-electron chi connectivity index (χ1n) is 4.79. The molecule has 68 valence electrons. The van der Waals surface area contributed by atoms with Crippen molar-refractivity contribution in [1.82, 2.24) is 0 Å². The molecule has 0 radical (unpaired) electrons. The molecule has 1 rings (SSSR count). The van der Waals surface area contributed by atoms with E-state index in [1.807, 2.05) is 6.08 Å². The number of carbonyl (C=O) groups excluding carboxylic acids is 1. The Morgan fingerprint density at radius 1 is 1.42 bits per heavy atom. The van der Waals surface area contributed by atoms with Gasteiger partial charge < -0.3 is 0 Å². The molecule has 1 nitrogen and oxygen atoms in total. The SMILES string of the molecule is CC(=O)C=C1CCC(C)C(C)C1. The third-order valence-corrected chi connectivity index (χ3v) is 2.88. The number of ketones is 1. The van der Waals surface area contributed by atoms with Gasteiger partial charge in [-0.2, -0.15) is 0 Å². The van der Waals surface area contributed by atoms with Gasteiger partial charge in [0.05, 0.1) is 0 Å². The Bertz CT molecular complexity index is 203. The maximum Gasteiger partial charge on any atom is 0.152 e. The standard InChI is InChI=1S/C11H18O/c1-8-4-5-11(6-9(8)2)7-10(3)12/h7-9H,4-6H2,1-3H3. The lowest BCUT2D eigenvalue weighted by molar-refractivity contribution is -0.112. The molecular weight excluding hydrogens is 148 g/mol. The molecule has 0 bridgehead atoms. The van der Waals surface area contributed by atoms with Crippen molar-refractivity contribution in [1.29, 1.82) is 0 Å². The van der Waals surface area contributed by atoms with Crippen LogP contribution >= 0.6 is 0 Å². The van der Waals surface area contributed by atoms with Gasteiger partial charge in [0, 0.05) is 0 Å². The molecule has 1 fully saturated rings. The third-order valence-electron chi connectivity index (χ3n) is 2.88. The first-order chi connectivity index (χ1) is 5.59. The lowest BCUT2D eigenvalue weighted by atomic mass is 9.79. The predicted molar refractivity (Wildman–Crippen MR) is 50.9 cm³/mol. The summed E-state index contributed by atoms with van der Waals surface area (Å²) in [6, 6.07) is 0. The highest BCUT2D eigenvalue weighted by molar-refractivity contribution is 5.87. The van der Waals surface area contributed by atoms with Crippen LogP contribution in [0.25, 0.3) is 0 Å². The fourth-order valence-corrected chi connectivity index (χ4v) is 1.83. The van der Waals surface area contributed by atoms with Crippen molar-refractivity contribution in [2.75, 3.05) is 0 Å². The molecule has 0 heterocycles. The Morgan fingerprint density at radius 2 is 2.08 bits per heavy atom. The van der Waals surface area contributed by atoms with Crippen LogP contribution in [0.1, 0.15) is 40.0 Å². The van der Waals surface area contributed by atoms with E-state index in [4.69, 9.17) is 0 Å². The average Bonchev–Trinajstić information content (AvgIpc) is 1.96. The van der Waals surface area contributed by atoms with E-state index in [0.29, 0.717) is 0 Å². The zero-order valence-electron chi connectivity index (χ0n) is 8.26. The molecule has 1 aliphatic rings. The average molecular weight is 166 g/mol. The van der Waals surface area contributed by atoms with Crippen LogP contribution in [0.2, 0.25) is 0 Å². The third kappa shape index (κ3) is 2.47. The zero-order valence-corrected chi connectivity index (χ0v) is 8.26. The molecule has 0 spiro atoms. The summed E-state index contributed by atoms with van der Waals surface area (Å²) in [6.07, 6.45) is 5.33. The summed E-state index contributed by atoms with van der Waals surface area (Å²) >= 11 is 0. The van der Waals surface area contributed by atoms with Gasteiger partial charge in [0.2, 0.25) is 0 Å². The highest BCUT2D eigenvalue weighted by Gasteiger charge is 2.19. The molecule has 1 saturated carbocycles. The number of allylic oxidation sites excluding steroid dienone is 2. The van der Waals surface area contributed by atoms with Crippen LogP contribution in [0.15, 0.2) is 11.6 Å². The number of hydrogen-bond donors (Lipinski definition) is 0. The van der Waals surface area contributed by atoms with E-state index in [9.17, 15) is 4.79 Å². The summed E-state index contributed by atoms with van der Waals surface area (Å²) in [6.45, 7) is 6.21. The summed E-state index contributed by atoms with van der Waals surface area (Å²) in [4.78, 5) is 10.8. The van der Waals surface area contributed by atoms with Crippen LogP contribution in [-0.2, 0) is 4.79 Å². The van der Waals surface area contributed by atoms with E-state index < -0.39 is 0 Å². The minimum atomic E-state index is 0.201. The first kappa shape index (κ1) is 9.50. The molecule has 1 aliphatic carbocycles. The smallest absolute Gasteiger partial charge is 0.152 e. The van der Waals surface area contributed by atoms with Crippen molar-refractivity contribution in [3.8, 4) is 0 Å². The summed E-state index contributed by atoms with van der Waals surface area (Å²) in [5.74, 6) is 1.78. The van der Waals surface area contributed by atoms with Gasteiger partial charge in [-0.25, -0.2) is 0 Å². The molecule has 12 heavy (non-hydrogen) atoms. The van der Waals surface area contributed by atoms with Crippen LogP contribution in [0.5, 0.6) is 0 Å². The summed E-state index contributed by atoms with van der Waals surface area (Å²) in [5.41, 5.74) is 1.35. The van der Waals surface area contributed by atoms with Gasteiger partial charge >= 0.3 is 0 Å². The minimum Gasteiger partial charge on any atom is -0.295 e. The molecule has 0 aromatic heterocycles. The highest BCUT2D eigenvalue weighted by atomic mass is 16.1. The molecule has 0 aromatic rings. The van der Waals surface area contributed by atoms with E-state index in [0.717, 1.165) is 24.7 Å². The summed E-state index contributed by atoms with van der Waals surface area (Å²) in [5, 5.41) is 0. The van der Waals surface area contributed by atoms with Gasteiger partial charge in [-0.1, -0.05) is 19.4 Å². The Morgan fingerprint density at radius 3 is 2.58 bits per heavy atom. The Hall–Kier alpha value is -0.590. The zero-order chi connectivity index (χ0) is 9.14. The normalized spacial score (nSPS) is 33.8. The molecule has 0 aromatic carbocycles. The van der Waals surface area contributed by atoms with Crippen molar-refractivity contribution in [3.05, 3.63) is 11.6 Å². The van der Waals surface area contributed by atoms with Gasteiger partial charge in [0.15, 0.2) is 5.78 Å². The summed E-state index contributed by atoms with van der Waals surface area (Å²) in [7, 11) is 0. The van der Waals surface area contributed by atoms with Crippen molar-refractivity contribution in [3.63, 3.8) is 0 Å². The number of carbonyl (C=O) groups is 1. The van der Waals surface area contributed by atoms with Crippen molar-refractivity contribution in [2.45, 2.75) is 40.0 Å². The molecule has 2 unspecified atom stereocenters. The van der Waals surface area contributed by atoms with E-state index >= 15 is 0 Å². The lowest BCUT2D eigenvalue weighted by Crippen LogP contribution is -2.15. The van der Waals surface area contributed by atoms with Crippen LogP contribution < -0.4 is 0 Å². The summed E-state index contributed by atoms with van der Waals surface area (Å²) < 4.78 is 0. The quantitative estimate of drug-likeness (QED) is 0.547. The van der Waals surface area contributed by atoms with Gasteiger partial charge in [0.25, 0.3) is 0 Å². The monoisotopic (exact) mass is 166 g/mol. The van der Waals surface area contributed by atoms with Crippen LogP contribution in [0, 0.1) is 11.8 Å². The van der Waals surface area contributed by atoms with Gasteiger partial charge in [0.1, 0.15) is 0 Å². The van der Waals surface area contributed by atoms with Gasteiger partial charge in [-0.15, -0.1) is 0 Å². The van der Waals surface area contributed by atoms with Crippen LogP contribution in [-0.4, -0.2) is 5.78 Å². The Labute approximate surface area is 74.9 Å². The van der Waals surface area contributed by atoms with Crippen molar-refractivity contribution in [2.24, 2.45) is 11.8 Å². The van der Waals surface area contributed by atoms with Crippen molar-refractivity contribution >= 4 is 5.78 Å². The fourth-order valence-electron chi connectivity index (χ4n) is 1.83. The molecule has 0 N–H and O–H groups in total. The van der Waals surface area contributed by atoms with Crippen LogP contribution in [0.3, 0.4) is 0 Å². The highest BCUT2D eigenvalue weighted by Crippen LogP contribution is 2.32. The topological polar surface area (TPSA) is 17.1 Å². The largest absolute Gasteiger partial charge is 0.295 e. The van der Waals surface area contributed by atoms with Gasteiger partial charge in [-0.05, 0) is 44.1 Å². The van der Waals surface area contributed by atoms with E-state index in [-0.39, 0.29) is 5.78 Å². The second-order valence-corrected chi connectivity index (χ2v) is 4.11. The maximum atomic E-state index is 10.8.